The van der Waals surface area contributed by atoms with Gasteiger partial charge in [0.25, 0.3) is 0 Å². The molecule has 0 bridgehead atoms. The number of sulfonamides is 1. The van der Waals surface area contributed by atoms with Crippen molar-refractivity contribution in [2.24, 2.45) is 5.92 Å². The van der Waals surface area contributed by atoms with E-state index >= 15 is 0 Å². The topological polar surface area (TPSA) is 92.7 Å². The van der Waals surface area contributed by atoms with E-state index in [1.807, 2.05) is 31.2 Å². The van der Waals surface area contributed by atoms with E-state index in [0.29, 0.717) is 30.3 Å². The van der Waals surface area contributed by atoms with Crippen molar-refractivity contribution < 1.29 is 17.9 Å². The Morgan fingerprint density at radius 3 is 2.47 bits per heavy atom. The van der Waals surface area contributed by atoms with Crippen LogP contribution in [-0.4, -0.2) is 48.8 Å². The van der Waals surface area contributed by atoms with Gasteiger partial charge in [-0.15, -0.1) is 0 Å². The maximum Gasteiger partial charge on any atom is 0.243 e. The van der Waals surface area contributed by atoms with Gasteiger partial charge in [-0.2, -0.15) is 4.31 Å². The van der Waals surface area contributed by atoms with Crippen LogP contribution in [0.2, 0.25) is 0 Å². The molecule has 0 N–H and O–H groups in total. The van der Waals surface area contributed by atoms with E-state index in [9.17, 15) is 13.2 Å². The third kappa shape index (κ3) is 5.16. The number of benzene rings is 2. The SMILES string of the molecule is COc1ccc(S(=O)(=O)N2CCC(C(=O)N(Cc3ccccn3)c3nc4c(C)c(C)ccc4s3)CC2)cc1. The third-order valence-electron chi connectivity index (χ3n) is 7.12. The summed E-state index contributed by atoms with van der Waals surface area (Å²) in [4.78, 5) is 25.2. The minimum absolute atomic E-state index is 0.0504. The molecule has 2 aromatic carbocycles. The van der Waals surface area contributed by atoms with Gasteiger partial charge in [-0.1, -0.05) is 23.5 Å². The minimum atomic E-state index is -3.65. The molecule has 1 aliphatic heterocycles. The number of carbonyl (C=O) groups is 1. The zero-order valence-corrected chi connectivity index (χ0v) is 23.3. The van der Waals surface area contributed by atoms with E-state index in [0.717, 1.165) is 27.0 Å². The fourth-order valence-electron chi connectivity index (χ4n) is 4.68. The maximum absolute atomic E-state index is 13.9. The molecule has 0 atom stereocenters. The van der Waals surface area contributed by atoms with Crippen molar-refractivity contribution in [3.8, 4) is 5.75 Å². The van der Waals surface area contributed by atoms with Crippen molar-refractivity contribution >= 4 is 42.6 Å². The molecule has 1 saturated heterocycles. The highest BCUT2D eigenvalue weighted by atomic mass is 32.2. The Hall–Kier alpha value is -3.34. The van der Waals surface area contributed by atoms with Crippen LogP contribution in [0.3, 0.4) is 0 Å². The van der Waals surface area contributed by atoms with Gasteiger partial charge in [-0.3, -0.25) is 14.7 Å². The number of nitrogens with zero attached hydrogens (tertiary/aromatic N) is 4. The van der Waals surface area contributed by atoms with E-state index in [-0.39, 0.29) is 29.8 Å². The summed E-state index contributed by atoms with van der Waals surface area (Å²) in [5.41, 5.74) is 3.94. The molecule has 198 valence electrons. The van der Waals surface area contributed by atoms with E-state index in [4.69, 9.17) is 9.72 Å². The molecular weight excluding hydrogens is 520 g/mol. The molecule has 1 fully saturated rings. The number of pyridine rings is 1. The summed E-state index contributed by atoms with van der Waals surface area (Å²) in [7, 11) is -2.11. The Labute approximate surface area is 227 Å². The molecule has 8 nitrogen and oxygen atoms in total. The number of amides is 1. The summed E-state index contributed by atoms with van der Waals surface area (Å²) in [6.07, 6.45) is 2.60. The number of hydrogen-bond acceptors (Lipinski definition) is 7. The van der Waals surface area contributed by atoms with Gasteiger partial charge in [-0.05, 0) is 80.3 Å². The van der Waals surface area contributed by atoms with Crippen molar-refractivity contribution in [2.75, 3.05) is 25.1 Å². The van der Waals surface area contributed by atoms with E-state index in [1.54, 1.807) is 42.5 Å². The van der Waals surface area contributed by atoms with E-state index < -0.39 is 10.0 Å². The van der Waals surface area contributed by atoms with Crippen LogP contribution in [0.15, 0.2) is 65.7 Å². The lowest BCUT2D eigenvalue weighted by Gasteiger charge is -2.33. The number of ether oxygens (including phenoxy) is 1. The molecule has 1 amide bonds. The number of hydrogen-bond donors (Lipinski definition) is 0. The molecule has 0 spiro atoms. The normalized spacial score (nSPS) is 15.0. The quantitative estimate of drug-likeness (QED) is 0.323. The number of anilines is 1. The van der Waals surface area contributed by atoms with Gasteiger partial charge in [0.2, 0.25) is 15.9 Å². The lowest BCUT2D eigenvalue weighted by Crippen LogP contribution is -2.44. The van der Waals surface area contributed by atoms with Crippen LogP contribution >= 0.6 is 11.3 Å². The van der Waals surface area contributed by atoms with Crippen LogP contribution in [0.1, 0.15) is 29.7 Å². The number of aromatic nitrogens is 2. The minimum Gasteiger partial charge on any atom is -0.497 e. The van der Waals surface area contributed by atoms with E-state index in [1.165, 1.54) is 15.6 Å². The van der Waals surface area contributed by atoms with Crippen LogP contribution in [0, 0.1) is 19.8 Å². The van der Waals surface area contributed by atoms with Crippen molar-refractivity contribution in [2.45, 2.75) is 38.1 Å². The fourth-order valence-corrected chi connectivity index (χ4v) is 7.18. The molecule has 2 aromatic heterocycles. The first-order chi connectivity index (χ1) is 18.3. The molecule has 3 heterocycles. The summed E-state index contributed by atoms with van der Waals surface area (Å²) in [6, 6.07) is 16.1. The predicted octanol–water partition coefficient (Wildman–Crippen LogP) is 4.95. The standard InChI is InChI=1S/C28H30N4O4S2/c1-19-7-12-25-26(20(19)2)30-28(37-25)32(18-22-6-4-5-15-29-22)27(33)21-13-16-31(17-14-21)38(34,35)24-10-8-23(36-3)9-11-24/h4-12,15,21H,13-14,16-18H2,1-3H3. The van der Waals surface area contributed by atoms with Crippen LogP contribution in [-0.2, 0) is 21.4 Å². The lowest BCUT2D eigenvalue weighted by atomic mass is 9.96. The Bertz CT molecular complexity index is 1550. The summed E-state index contributed by atoms with van der Waals surface area (Å²) in [5, 5.41) is 0.637. The van der Waals surface area contributed by atoms with Crippen LogP contribution in [0.4, 0.5) is 5.13 Å². The number of methoxy groups -OCH3 is 1. The molecule has 10 heteroatoms. The lowest BCUT2D eigenvalue weighted by molar-refractivity contribution is -0.123. The summed E-state index contributed by atoms with van der Waals surface area (Å²) in [6.45, 7) is 4.96. The predicted molar refractivity (Wildman–Crippen MR) is 149 cm³/mol. The average Bonchev–Trinajstić information content (AvgIpc) is 3.39. The van der Waals surface area contributed by atoms with E-state index in [2.05, 4.69) is 18.0 Å². The smallest absolute Gasteiger partial charge is 0.243 e. The fraction of sp³-hybridized carbons (Fsp3) is 0.321. The molecule has 5 rings (SSSR count). The number of aryl methyl sites for hydroxylation is 2. The number of thiazole rings is 1. The number of carbonyl (C=O) groups excluding carboxylic acids is 1. The molecule has 0 aliphatic carbocycles. The molecule has 0 unspecified atom stereocenters. The number of fused-ring (bicyclic) bond motifs is 1. The van der Waals surface area contributed by atoms with Crippen molar-refractivity contribution in [3.05, 3.63) is 77.6 Å². The second-order valence-corrected chi connectivity index (χ2v) is 12.4. The molecule has 4 aromatic rings. The van der Waals surface area contributed by atoms with Crippen molar-refractivity contribution in [1.29, 1.82) is 0 Å². The molecular formula is C28H30N4O4S2. The number of piperidine rings is 1. The Morgan fingerprint density at radius 1 is 1.08 bits per heavy atom. The van der Waals surface area contributed by atoms with Gasteiger partial charge in [0.15, 0.2) is 5.13 Å². The van der Waals surface area contributed by atoms with Gasteiger partial charge in [0.1, 0.15) is 5.75 Å². The highest BCUT2D eigenvalue weighted by molar-refractivity contribution is 7.89. The van der Waals surface area contributed by atoms with Gasteiger partial charge < -0.3 is 4.74 Å². The first-order valence-electron chi connectivity index (χ1n) is 12.5. The van der Waals surface area contributed by atoms with Crippen LogP contribution in [0.5, 0.6) is 5.75 Å². The number of rotatable bonds is 7. The highest BCUT2D eigenvalue weighted by Gasteiger charge is 2.35. The molecule has 1 aliphatic rings. The molecule has 0 radical (unpaired) electrons. The summed E-state index contributed by atoms with van der Waals surface area (Å²) >= 11 is 1.49. The van der Waals surface area contributed by atoms with Gasteiger partial charge in [0, 0.05) is 25.2 Å². The second-order valence-electron chi connectivity index (χ2n) is 9.45. The largest absolute Gasteiger partial charge is 0.497 e. The summed E-state index contributed by atoms with van der Waals surface area (Å²) < 4.78 is 34.0. The maximum atomic E-state index is 13.9. The highest BCUT2D eigenvalue weighted by Crippen LogP contribution is 2.35. The first kappa shape index (κ1) is 26.3. The Kier molecular flexibility index (Phi) is 7.47. The zero-order valence-electron chi connectivity index (χ0n) is 21.6. The van der Waals surface area contributed by atoms with Crippen LogP contribution < -0.4 is 9.64 Å². The van der Waals surface area contributed by atoms with Crippen LogP contribution in [0.25, 0.3) is 10.2 Å². The Morgan fingerprint density at radius 2 is 1.82 bits per heavy atom. The van der Waals surface area contributed by atoms with Crippen molar-refractivity contribution in [1.82, 2.24) is 14.3 Å². The monoisotopic (exact) mass is 550 g/mol. The average molecular weight is 551 g/mol. The first-order valence-corrected chi connectivity index (χ1v) is 14.8. The summed E-state index contributed by atoms with van der Waals surface area (Å²) in [5.74, 6) is 0.239. The zero-order chi connectivity index (χ0) is 26.9. The Balaban J connectivity index is 1.37. The third-order valence-corrected chi connectivity index (χ3v) is 10.1. The van der Waals surface area contributed by atoms with Gasteiger partial charge in [0.05, 0.1) is 34.5 Å². The van der Waals surface area contributed by atoms with Gasteiger partial charge >= 0.3 is 0 Å². The second kappa shape index (κ2) is 10.8. The van der Waals surface area contributed by atoms with Gasteiger partial charge in [-0.25, -0.2) is 13.4 Å². The van der Waals surface area contributed by atoms with Crippen molar-refractivity contribution in [3.63, 3.8) is 0 Å². The molecule has 0 saturated carbocycles. The molecule has 38 heavy (non-hydrogen) atoms.